The molecular weight excluding hydrogens is 362 g/mol. The number of piperidine rings is 1. The van der Waals surface area contributed by atoms with Gasteiger partial charge in [-0.05, 0) is 30.5 Å². The SMILES string of the molecule is O=C(c1cc2ccccc2[nH]1)N1CCCC(c2ncc(Cc3ccccc3)o2)C1. The molecule has 0 saturated carbocycles. The minimum absolute atomic E-state index is 0.0435. The fraction of sp³-hybridized carbons (Fsp3) is 0.250. The number of para-hydroxylation sites is 1. The number of nitrogens with one attached hydrogen (secondary N) is 1. The van der Waals surface area contributed by atoms with Crippen LogP contribution in [0.25, 0.3) is 10.9 Å². The first kappa shape index (κ1) is 17.7. The van der Waals surface area contributed by atoms with Gasteiger partial charge in [0.2, 0.25) is 0 Å². The molecule has 1 aliphatic rings. The van der Waals surface area contributed by atoms with Gasteiger partial charge in [0, 0.05) is 30.4 Å². The normalized spacial score (nSPS) is 17.0. The topological polar surface area (TPSA) is 62.1 Å². The smallest absolute Gasteiger partial charge is 0.270 e. The summed E-state index contributed by atoms with van der Waals surface area (Å²) < 4.78 is 6.05. The molecule has 5 heteroatoms. The number of nitrogens with zero attached hydrogens (tertiary/aromatic N) is 2. The van der Waals surface area contributed by atoms with Crippen molar-refractivity contribution >= 4 is 16.8 Å². The van der Waals surface area contributed by atoms with Gasteiger partial charge in [0.05, 0.1) is 12.1 Å². The number of hydrogen-bond donors (Lipinski definition) is 1. The molecule has 2 aromatic carbocycles. The Labute approximate surface area is 169 Å². The van der Waals surface area contributed by atoms with Crippen LogP contribution in [-0.2, 0) is 6.42 Å². The molecule has 5 nitrogen and oxygen atoms in total. The molecule has 1 unspecified atom stereocenters. The van der Waals surface area contributed by atoms with Gasteiger partial charge in [0.15, 0.2) is 5.89 Å². The number of aromatic amines is 1. The summed E-state index contributed by atoms with van der Waals surface area (Å²) in [7, 11) is 0. The number of oxazole rings is 1. The monoisotopic (exact) mass is 385 g/mol. The first-order valence-corrected chi connectivity index (χ1v) is 10.1. The van der Waals surface area contributed by atoms with E-state index in [9.17, 15) is 4.79 Å². The molecule has 2 aromatic heterocycles. The molecule has 1 N–H and O–H groups in total. The van der Waals surface area contributed by atoms with Crippen LogP contribution < -0.4 is 0 Å². The molecule has 0 aliphatic carbocycles. The number of amides is 1. The minimum Gasteiger partial charge on any atom is -0.445 e. The van der Waals surface area contributed by atoms with E-state index in [0.29, 0.717) is 12.2 Å². The van der Waals surface area contributed by atoms with Gasteiger partial charge >= 0.3 is 0 Å². The van der Waals surface area contributed by atoms with Gasteiger partial charge in [-0.2, -0.15) is 0 Å². The van der Waals surface area contributed by atoms with Gasteiger partial charge in [-0.25, -0.2) is 4.98 Å². The van der Waals surface area contributed by atoms with E-state index < -0.39 is 0 Å². The Morgan fingerprint density at radius 2 is 1.97 bits per heavy atom. The molecule has 146 valence electrons. The summed E-state index contributed by atoms with van der Waals surface area (Å²) in [5, 5.41) is 1.06. The maximum atomic E-state index is 13.0. The number of likely N-dealkylation sites (tertiary alicyclic amines) is 1. The van der Waals surface area contributed by atoms with Crippen LogP contribution in [0, 0.1) is 0 Å². The van der Waals surface area contributed by atoms with Crippen molar-refractivity contribution in [1.82, 2.24) is 14.9 Å². The van der Waals surface area contributed by atoms with E-state index in [0.717, 1.165) is 48.4 Å². The number of hydrogen-bond acceptors (Lipinski definition) is 3. The standard InChI is InChI=1S/C24H23N3O2/c28-24(22-14-18-9-4-5-11-21(18)26-22)27-12-6-10-19(16-27)23-25-15-20(29-23)13-17-7-2-1-3-8-17/h1-5,7-9,11,14-15,19,26H,6,10,12-13,16H2. The molecule has 0 radical (unpaired) electrons. The Bertz CT molecular complexity index is 1100. The Hall–Kier alpha value is -3.34. The molecule has 1 atom stereocenters. The van der Waals surface area contributed by atoms with Crippen molar-refractivity contribution < 1.29 is 9.21 Å². The average molecular weight is 385 g/mol. The van der Waals surface area contributed by atoms with Crippen LogP contribution in [0.15, 0.2) is 71.3 Å². The van der Waals surface area contributed by atoms with Gasteiger partial charge in [-0.1, -0.05) is 48.5 Å². The van der Waals surface area contributed by atoms with E-state index in [1.54, 1.807) is 0 Å². The molecule has 5 rings (SSSR count). The fourth-order valence-electron chi connectivity index (χ4n) is 4.11. The lowest BCUT2D eigenvalue weighted by molar-refractivity contribution is 0.0693. The third-order valence-electron chi connectivity index (χ3n) is 5.61. The Morgan fingerprint density at radius 1 is 1.14 bits per heavy atom. The lowest BCUT2D eigenvalue weighted by Crippen LogP contribution is -2.39. The summed E-state index contributed by atoms with van der Waals surface area (Å²) in [5.74, 6) is 1.79. The van der Waals surface area contributed by atoms with E-state index in [1.165, 1.54) is 5.56 Å². The number of H-pyrrole nitrogens is 1. The molecular formula is C24H23N3O2. The Balaban J connectivity index is 1.30. The summed E-state index contributed by atoms with van der Waals surface area (Å²) in [4.78, 5) is 22.7. The predicted octanol–water partition coefficient (Wildman–Crippen LogP) is 4.77. The van der Waals surface area contributed by atoms with Gasteiger partial charge in [0.1, 0.15) is 11.5 Å². The van der Waals surface area contributed by atoms with Gasteiger partial charge in [-0.3, -0.25) is 4.79 Å². The van der Waals surface area contributed by atoms with E-state index in [-0.39, 0.29) is 11.8 Å². The van der Waals surface area contributed by atoms with Crippen LogP contribution in [0.3, 0.4) is 0 Å². The van der Waals surface area contributed by atoms with E-state index >= 15 is 0 Å². The molecule has 1 saturated heterocycles. The predicted molar refractivity (Wildman–Crippen MR) is 112 cm³/mol. The summed E-state index contributed by atoms with van der Waals surface area (Å²) in [6.07, 6.45) is 4.49. The zero-order chi connectivity index (χ0) is 19.6. The van der Waals surface area contributed by atoms with Crippen LogP contribution in [0.4, 0.5) is 0 Å². The quantitative estimate of drug-likeness (QED) is 0.551. The summed E-state index contributed by atoms with van der Waals surface area (Å²) >= 11 is 0. The fourth-order valence-corrected chi connectivity index (χ4v) is 4.11. The van der Waals surface area contributed by atoms with Crippen molar-refractivity contribution in [2.45, 2.75) is 25.2 Å². The highest BCUT2D eigenvalue weighted by molar-refractivity contribution is 5.98. The van der Waals surface area contributed by atoms with Crippen molar-refractivity contribution in [2.24, 2.45) is 0 Å². The largest absolute Gasteiger partial charge is 0.445 e. The third kappa shape index (κ3) is 3.68. The second kappa shape index (κ2) is 7.59. The number of fused-ring (bicyclic) bond motifs is 1. The van der Waals surface area contributed by atoms with Crippen molar-refractivity contribution in [2.75, 3.05) is 13.1 Å². The van der Waals surface area contributed by atoms with E-state index in [4.69, 9.17) is 4.42 Å². The highest BCUT2D eigenvalue weighted by Gasteiger charge is 2.29. The van der Waals surface area contributed by atoms with Crippen LogP contribution >= 0.6 is 0 Å². The first-order chi connectivity index (χ1) is 14.3. The van der Waals surface area contributed by atoms with E-state index in [1.807, 2.05) is 59.6 Å². The number of carbonyl (C=O) groups excluding carboxylic acids is 1. The third-order valence-corrected chi connectivity index (χ3v) is 5.61. The highest BCUT2D eigenvalue weighted by atomic mass is 16.4. The Morgan fingerprint density at radius 3 is 2.83 bits per heavy atom. The number of rotatable bonds is 4. The van der Waals surface area contributed by atoms with Crippen LogP contribution in [-0.4, -0.2) is 33.9 Å². The molecule has 1 amide bonds. The molecule has 3 heterocycles. The lowest BCUT2D eigenvalue weighted by atomic mass is 9.97. The molecule has 4 aromatic rings. The average Bonchev–Trinajstić information content (AvgIpc) is 3.41. The first-order valence-electron chi connectivity index (χ1n) is 10.1. The lowest BCUT2D eigenvalue weighted by Gasteiger charge is -2.31. The number of benzene rings is 2. The van der Waals surface area contributed by atoms with Crippen molar-refractivity contribution in [1.29, 1.82) is 0 Å². The summed E-state index contributed by atoms with van der Waals surface area (Å²) in [5.41, 5.74) is 2.83. The summed E-state index contributed by atoms with van der Waals surface area (Å²) in [6.45, 7) is 1.40. The highest BCUT2D eigenvalue weighted by Crippen LogP contribution is 2.28. The van der Waals surface area contributed by atoms with Crippen LogP contribution in [0.5, 0.6) is 0 Å². The summed E-state index contributed by atoms with van der Waals surface area (Å²) in [6, 6.07) is 20.1. The zero-order valence-corrected chi connectivity index (χ0v) is 16.2. The molecule has 1 aliphatic heterocycles. The van der Waals surface area contributed by atoms with Gasteiger partial charge in [-0.15, -0.1) is 0 Å². The number of aromatic nitrogens is 2. The second-order valence-corrected chi connectivity index (χ2v) is 7.69. The number of carbonyl (C=O) groups is 1. The maximum Gasteiger partial charge on any atom is 0.270 e. The minimum atomic E-state index is 0.0435. The van der Waals surface area contributed by atoms with Crippen LogP contribution in [0.1, 0.15) is 46.5 Å². The van der Waals surface area contributed by atoms with Crippen LogP contribution in [0.2, 0.25) is 0 Å². The van der Waals surface area contributed by atoms with Crippen molar-refractivity contribution in [3.63, 3.8) is 0 Å². The molecule has 0 bridgehead atoms. The zero-order valence-electron chi connectivity index (χ0n) is 16.2. The molecule has 0 spiro atoms. The maximum absolute atomic E-state index is 13.0. The van der Waals surface area contributed by atoms with Gasteiger partial charge < -0.3 is 14.3 Å². The van der Waals surface area contributed by atoms with Gasteiger partial charge in [0.25, 0.3) is 5.91 Å². The van der Waals surface area contributed by atoms with Crippen molar-refractivity contribution in [3.05, 3.63) is 89.8 Å². The molecule has 1 fully saturated rings. The van der Waals surface area contributed by atoms with Crippen molar-refractivity contribution in [3.8, 4) is 0 Å². The Kier molecular flexibility index (Phi) is 4.64. The van der Waals surface area contributed by atoms with E-state index in [2.05, 4.69) is 22.1 Å². The molecule has 29 heavy (non-hydrogen) atoms. The second-order valence-electron chi connectivity index (χ2n) is 7.69.